The molecule has 1 N–H and O–H groups in total. The van der Waals surface area contributed by atoms with Crippen molar-refractivity contribution in [1.82, 2.24) is 14.8 Å². The van der Waals surface area contributed by atoms with Crippen molar-refractivity contribution in [1.29, 1.82) is 0 Å². The molecule has 1 heterocycles. The van der Waals surface area contributed by atoms with Crippen LogP contribution < -0.4 is 5.69 Å². The van der Waals surface area contributed by atoms with Gasteiger partial charge in [0.05, 0.1) is 12.6 Å². The van der Waals surface area contributed by atoms with Crippen molar-refractivity contribution in [3.63, 3.8) is 0 Å². The van der Waals surface area contributed by atoms with Crippen LogP contribution in [0, 0.1) is 5.82 Å². The molecule has 0 spiro atoms. The van der Waals surface area contributed by atoms with E-state index < -0.39 is 17.6 Å². The number of benzene rings is 3. The largest absolute Gasteiger partial charge is 0.386 e. The van der Waals surface area contributed by atoms with Gasteiger partial charge in [-0.25, -0.2) is 13.9 Å². The van der Waals surface area contributed by atoms with Crippen LogP contribution in [0.5, 0.6) is 0 Å². The SMILES string of the molecule is O=c1nc(-c2ccccc2)c(-c2ccccc2)nn1CC(O)c1cccc(F)c1. The minimum absolute atomic E-state index is 0.135. The predicted octanol–water partition coefficient (Wildman–Crippen LogP) is 3.85. The lowest BCUT2D eigenvalue weighted by molar-refractivity contribution is 0.148. The van der Waals surface area contributed by atoms with Crippen molar-refractivity contribution in [3.05, 3.63) is 107 Å². The molecule has 0 radical (unpaired) electrons. The number of aliphatic hydroxyl groups excluding tert-OH is 1. The molecule has 144 valence electrons. The maximum absolute atomic E-state index is 13.5. The van der Waals surface area contributed by atoms with Crippen molar-refractivity contribution < 1.29 is 9.50 Å². The van der Waals surface area contributed by atoms with Gasteiger partial charge in [0, 0.05) is 11.1 Å². The van der Waals surface area contributed by atoms with Crippen LogP contribution in [0.25, 0.3) is 22.5 Å². The summed E-state index contributed by atoms with van der Waals surface area (Å²) in [5.41, 5.74) is 2.36. The van der Waals surface area contributed by atoms with E-state index in [1.165, 1.54) is 18.2 Å². The van der Waals surface area contributed by atoms with Gasteiger partial charge in [-0.15, -0.1) is 0 Å². The first-order valence-electron chi connectivity index (χ1n) is 9.15. The van der Waals surface area contributed by atoms with Crippen LogP contribution in [0.3, 0.4) is 0 Å². The zero-order valence-electron chi connectivity index (χ0n) is 15.4. The number of aromatic nitrogens is 3. The van der Waals surface area contributed by atoms with Gasteiger partial charge in [-0.1, -0.05) is 72.8 Å². The zero-order valence-corrected chi connectivity index (χ0v) is 15.4. The molecule has 1 atom stereocenters. The summed E-state index contributed by atoms with van der Waals surface area (Å²) in [5, 5.41) is 15.0. The molecule has 6 heteroatoms. The quantitative estimate of drug-likeness (QED) is 0.565. The molecule has 4 rings (SSSR count). The van der Waals surface area contributed by atoms with Gasteiger partial charge in [-0.3, -0.25) is 0 Å². The smallest absolute Gasteiger partial charge is 0.364 e. The summed E-state index contributed by atoms with van der Waals surface area (Å²) in [6.45, 7) is -0.135. The van der Waals surface area contributed by atoms with E-state index >= 15 is 0 Å². The number of nitrogens with zero attached hydrogens (tertiary/aromatic N) is 3. The summed E-state index contributed by atoms with van der Waals surface area (Å²) in [6, 6.07) is 24.4. The highest BCUT2D eigenvalue weighted by molar-refractivity contribution is 5.77. The van der Waals surface area contributed by atoms with E-state index in [1.807, 2.05) is 60.7 Å². The Kier molecular flexibility index (Phi) is 5.27. The van der Waals surface area contributed by atoms with Gasteiger partial charge in [0.2, 0.25) is 0 Å². The van der Waals surface area contributed by atoms with Crippen LogP contribution in [-0.4, -0.2) is 19.9 Å². The van der Waals surface area contributed by atoms with E-state index in [2.05, 4.69) is 10.1 Å². The van der Waals surface area contributed by atoms with Gasteiger partial charge in [-0.2, -0.15) is 10.1 Å². The lowest BCUT2D eigenvalue weighted by atomic mass is 10.0. The second-order valence-corrected chi connectivity index (χ2v) is 6.58. The number of aliphatic hydroxyl groups is 1. The van der Waals surface area contributed by atoms with E-state index in [-0.39, 0.29) is 6.54 Å². The second-order valence-electron chi connectivity index (χ2n) is 6.58. The highest BCUT2D eigenvalue weighted by Crippen LogP contribution is 2.27. The van der Waals surface area contributed by atoms with Gasteiger partial charge in [0.15, 0.2) is 0 Å². The van der Waals surface area contributed by atoms with E-state index in [0.717, 1.165) is 15.8 Å². The standard InChI is InChI=1S/C23H18FN3O2/c24-19-13-7-12-18(14-19)20(28)15-27-23(29)25-21(16-8-3-1-4-9-16)22(26-27)17-10-5-2-6-11-17/h1-14,20,28H,15H2. The van der Waals surface area contributed by atoms with Crippen molar-refractivity contribution in [2.75, 3.05) is 0 Å². The summed E-state index contributed by atoms with van der Waals surface area (Å²) in [5.74, 6) is -0.454. The van der Waals surface area contributed by atoms with E-state index in [0.29, 0.717) is 17.0 Å². The monoisotopic (exact) mass is 387 g/mol. The first-order chi connectivity index (χ1) is 14.1. The van der Waals surface area contributed by atoms with E-state index in [1.54, 1.807) is 6.07 Å². The number of hydrogen-bond donors (Lipinski definition) is 1. The molecule has 0 saturated carbocycles. The van der Waals surface area contributed by atoms with Gasteiger partial charge in [0.25, 0.3) is 0 Å². The average molecular weight is 387 g/mol. The third-order valence-electron chi connectivity index (χ3n) is 4.55. The topological polar surface area (TPSA) is 68.0 Å². The van der Waals surface area contributed by atoms with Crippen LogP contribution >= 0.6 is 0 Å². The lowest BCUT2D eigenvalue weighted by Crippen LogP contribution is -2.29. The van der Waals surface area contributed by atoms with Crippen molar-refractivity contribution in [3.8, 4) is 22.5 Å². The van der Waals surface area contributed by atoms with Crippen LogP contribution in [0.15, 0.2) is 89.7 Å². The Hall–Kier alpha value is -3.64. The maximum Gasteiger partial charge on any atom is 0.364 e. The summed E-state index contributed by atoms with van der Waals surface area (Å²) in [4.78, 5) is 16.9. The molecule has 0 aliphatic rings. The molecule has 0 fully saturated rings. The van der Waals surface area contributed by atoms with Crippen molar-refractivity contribution in [2.24, 2.45) is 0 Å². The fourth-order valence-electron chi connectivity index (χ4n) is 3.11. The van der Waals surface area contributed by atoms with Crippen LogP contribution in [0.2, 0.25) is 0 Å². The van der Waals surface area contributed by atoms with Crippen LogP contribution in [0.4, 0.5) is 4.39 Å². The second kappa shape index (κ2) is 8.16. The fourth-order valence-corrected chi connectivity index (χ4v) is 3.11. The molecule has 0 saturated heterocycles. The average Bonchev–Trinajstić information content (AvgIpc) is 2.76. The first-order valence-corrected chi connectivity index (χ1v) is 9.15. The molecule has 3 aromatic carbocycles. The minimum Gasteiger partial charge on any atom is -0.386 e. The molecule has 4 aromatic rings. The number of halogens is 1. The van der Waals surface area contributed by atoms with Crippen LogP contribution in [-0.2, 0) is 6.54 Å². The molecule has 0 amide bonds. The Bertz CT molecular complexity index is 1180. The summed E-state index contributed by atoms with van der Waals surface area (Å²) < 4.78 is 14.6. The minimum atomic E-state index is -1.09. The van der Waals surface area contributed by atoms with Crippen molar-refractivity contribution >= 4 is 0 Å². The third kappa shape index (κ3) is 4.12. The molecule has 0 bridgehead atoms. The van der Waals surface area contributed by atoms with E-state index in [9.17, 15) is 14.3 Å². The molecular weight excluding hydrogens is 369 g/mol. The molecule has 29 heavy (non-hydrogen) atoms. The predicted molar refractivity (Wildman–Crippen MR) is 109 cm³/mol. The summed E-state index contributed by atoms with van der Waals surface area (Å²) in [6.07, 6.45) is -1.09. The zero-order chi connectivity index (χ0) is 20.2. The van der Waals surface area contributed by atoms with Gasteiger partial charge in [0.1, 0.15) is 17.2 Å². The summed E-state index contributed by atoms with van der Waals surface area (Å²) in [7, 11) is 0. The molecule has 1 unspecified atom stereocenters. The third-order valence-corrected chi connectivity index (χ3v) is 4.55. The molecule has 0 aliphatic carbocycles. The van der Waals surface area contributed by atoms with Gasteiger partial charge < -0.3 is 5.11 Å². The molecular formula is C23H18FN3O2. The Morgan fingerprint density at radius 1 is 0.862 bits per heavy atom. The Morgan fingerprint density at radius 3 is 2.10 bits per heavy atom. The van der Waals surface area contributed by atoms with Gasteiger partial charge in [-0.05, 0) is 17.7 Å². The molecule has 0 aliphatic heterocycles. The van der Waals surface area contributed by atoms with Crippen molar-refractivity contribution in [2.45, 2.75) is 12.6 Å². The maximum atomic E-state index is 13.5. The first kappa shape index (κ1) is 18.7. The normalized spacial score (nSPS) is 11.9. The van der Waals surface area contributed by atoms with Gasteiger partial charge >= 0.3 is 5.69 Å². The number of rotatable bonds is 5. The molecule has 1 aromatic heterocycles. The van der Waals surface area contributed by atoms with Crippen LogP contribution in [0.1, 0.15) is 11.7 Å². The Morgan fingerprint density at radius 2 is 1.48 bits per heavy atom. The fraction of sp³-hybridized carbons (Fsp3) is 0.0870. The van der Waals surface area contributed by atoms with E-state index in [4.69, 9.17) is 0 Å². The Labute approximate surface area is 166 Å². The number of hydrogen-bond acceptors (Lipinski definition) is 4. The highest BCUT2D eigenvalue weighted by atomic mass is 19.1. The lowest BCUT2D eigenvalue weighted by Gasteiger charge is -2.15. The Balaban J connectivity index is 1.79. The summed E-state index contributed by atoms with van der Waals surface area (Å²) >= 11 is 0. The molecule has 5 nitrogen and oxygen atoms in total. The highest BCUT2D eigenvalue weighted by Gasteiger charge is 2.17.